The number of hydrogen-bond donors (Lipinski definition) is 2. The van der Waals surface area contributed by atoms with Crippen molar-refractivity contribution in [2.75, 3.05) is 37.4 Å². The van der Waals surface area contributed by atoms with Gasteiger partial charge in [-0.3, -0.25) is 4.79 Å². The normalized spacial score (nSPS) is 10.0. The van der Waals surface area contributed by atoms with Gasteiger partial charge in [-0.2, -0.15) is 15.0 Å². The molecule has 0 fully saturated rings. The monoisotopic (exact) mass is 272 g/mol. The van der Waals surface area contributed by atoms with Crippen LogP contribution >= 0.6 is 11.6 Å². The minimum Gasteiger partial charge on any atom is -0.357 e. The number of carbonyl (C=O) groups excluding carboxylic acids is 1. The van der Waals surface area contributed by atoms with Crippen molar-refractivity contribution in [3.05, 3.63) is 5.28 Å². The molecule has 1 rings (SSSR count). The SMILES string of the molecule is CCCNC(=O)CN(C)c1nc(Cl)nc(NC)n1. The van der Waals surface area contributed by atoms with Crippen LogP contribution in [0.2, 0.25) is 5.28 Å². The number of hydrogen-bond acceptors (Lipinski definition) is 6. The Balaban J connectivity index is 2.68. The lowest BCUT2D eigenvalue weighted by Crippen LogP contribution is -2.36. The third kappa shape index (κ3) is 4.33. The molecule has 0 saturated heterocycles. The average Bonchev–Trinajstić information content (AvgIpc) is 2.35. The molecule has 0 aromatic carbocycles. The van der Waals surface area contributed by atoms with Crippen LogP contribution in [0, 0.1) is 0 Å². The molecule has 1 aromatic heterocycles. The molecule has 7 nitrogen and oxygen atoms in total. The van der Waals surface area contributed by atoms with Crippen LogP contribution in [0.25, 0.3) is 0 Å². The standard InChI is InChI=1S/C10H17ClN6O/c1-4-5-13-7(18)6-17(3)10-15-8(11)14-9(12-2)16-10/h4-6H2,1-3H3,(H,13,18)(H,12,14,15,16). The predicted octanol–water partition coefficient (Wildman–Crippen LogP) is 0.529. The number of halogens is 1. The summed E-state index contributed by atoms with van der Waals surface area (Å²) in [6.45, 7) is 2.82. The second kappa shape index (κ2) is 6.95. The van der Waals surface area contributed by atoms with Crippen LogP contribution in [0.5, 0.6) is 0 Å². The maximum Gasteiger partial charge on any atom is 0.239 e. The summed E-state index contributed by atoms with van der Waals surface area (Å²) in [6.07, 6.45) is 0.900. The molecule has 0 aliphatic heterocycles. The molecule has 0 aliphatic rings. The van der Waals surface area contributed by atoms with E-state index in [1.54, 1.807) is 19.0 Å². The summed E-state index contributed by atoms with van der Waals surface area (Å²) in [6, 6.07) is 0. The summed E-state index contributed by atoms with van der Waals surface area (Å²) in [4.78, 5) is 25.1. The zero-order valence-electron chi connectivity index (χ0n) is 10.7. The third-order valence-electron chi connectivity index (χ3n) is 2.11. The maximum absolute atomic E-state index is 11.6. The van der Waals surface area contributed by atoms with E-state index in [2.05, 4.69) is 25.6 Å². The van der Waals surface area contributed by atoms with Crippen LogP contribution in [0.15, 0.2) is 0 Å². The van der Waals surface area contributed by atoms with Crippen LogP contribution in [-0.2, 0) is 4.79 Å². The summed E-state index contributed by atoms with van der Waals surface area (Å²) >= 11 is 5.76. The zero-order chi connectivity index (χ0) is 13.5. The van der Waals surface area contributed by atoms with Gasteiger partial charge in [0.15, 0.2) is 0 Å². The Hall–Kier alpha value is -1.63. The molecule has 100 valence electrons. The number of nitrogens with one attached hydrogen (secondary N) is 2. The van der Waals surface area contributed by atoms with Crippen LogP contribution < -0.4 is 15.5 Å². The predicted molar refractivity (Wildman–Crippen MR) is 71.0 cm³/mol. The molecule has 0 bridgehead atoms. The highest BCUT2D eigenvalue weighted by atomic mass is 35.5. The van der Waals surface area contributed by atoms with E-state index >= 15 is 0 Å². The highest BCUT2D eigenvalue weighted by molar-refractivity contribution is 6.28. The van der Waals surface area contributed by atoms with Crippen molar-refractivity contribution in [3.8, 4) is 0 Å². The highest BCUT2D eigenvalue weighted by Gasteiger charge is 2.11. The third-order valence-corrected chi connectivity index (χ3v) is 2.28. The summed E-state index contributed by atoms with van der Waals surface area (Å²) in [5.41, 5.74) is 0. The second-order valence-electron chi connectivity index (χ2n) is 3.68. The van der Waals surface area contributed by atoms with Crippen molar-refractivity contribution < 1.29 is 4.79 Å². The van der Waals surface area contributed by atoms with Crippen LogP contribution in [-0.4, -0.2) is 48.0 Å². The largest absolute Gasteiger partial charge is 0.357 e. The molecule has 0 atom stereocenters. The van der Waals surface area contributed by atoms with E-state index in [1.807, 2.05) is 6.92 Å². The molecule has 0 radical (unpaired) electrons. The Bertz CT molecular complexity index is 413. The van der Waals surface area contributed by atoms with Crippen molar-refractivity contribution in [1.82, 2.24) is 20.3 Å². The highest BCUT2D eigenvalue weighted by Crippen LogP contribution is 2.11. The van der Waals surface area contributed by atoms with E-state index < -0.39 is 0 Å². The van der Waals surface area contributed by atoms with Gasteiger partial charge in [-0.25, -0.2) is 0 Å². The number of rotatable bonds is 6. The summed E-state index contributed by atoms with van der Waals surface area (Å²) in [5, 5.41) is 5.64. The second-order valence-corrected chi connectivity index (χ2v) is 4.02. The van der Waals surface area contributed by atoms with Crippen molar-refractivity contribution in [3.63, 3.8) is 0 Å². The minimum atomic E-state index is -0.0816. The van der Waals surface area contributed by atoms with Crippen LogP contribution in [0.1, 0.15) is 13.3 Å². The van der Waals surface area contributed by atoms with E-state index in [0.717, 1.165) is 6.42 Å². The first kappa shape index (κ1) is 14.4. The number of nitrogens with zero attached hydrogens (tertiary/aromatic N) is 4. The van der Waals surface area contributed by atoms with Crippen LogP contribution in [0.3, 0.4) is 0 Å². The summed E-state index contributed by atoms with van der Waals surface area (Å²) in [7, 11) is 3.40. The molecule has 0 spiro atoms. The number of aromatic nitrogens is 3. The Morgan fingerprint density at radius 2 is 2.11 bits per heavy atom. The Labute approximate surface area is 111 Å². The average molecular weight is 273 g/mol. The first-order valence-electron chi connectivity index (χ1n) is 5.64. The van der Waals surface area contributed by atoms with Crippen molar-refractivity contribution in [2.24, 2.45) is 0 Å². The molecule has 0 unspecified atom stereocenters. The van der Waals surface area contributed by atoms with Crippen molar-refractivity contribution in [2.45, 2.75) is 13.3 Å². The fraction of sp³-hybridized carbons (Fsp3) is 0.600. The molecular weight excluding hydrogens is 256 g/mol. The number of likely N-dealkylation sites (N-methyl/N-ethyl adjacent to an activating group) is 1. The lowest BCUT2D eigenvalue weighted by Gasteiger charge is -2.16. The lowest BCUT2D eigenvalue weighted by molar-refractivity contribution is -0.119. The quantitative estimate of drug-likeness (QED) is 0.786. The van der Waals surface area contributed by atoms with Gasteiger partial charge in [-0.15, -0.1) is 0 Å². The minimum absolute atomic E-state index is 0.0816. The van der Waals surface area contributed by atoms with Gasteiger partial charge < -0.3 is 15.5 Å². The fourth-order valence-electron chi connectivity index (χ4n) is 1.23. The number of carbonyl (C=O) groups is 1. The van der Waals surface area contributed by atoms with Crippen molar-refractivity contribution >= 4 is 29.4 Å². The van der Waals surface area contributed by atoms with E-state index in [4.69, 9.17) is 11.6 Å². The van der Waals surface area contributed by atoms with Gasteiger partial charge in [0.2, 0.25) is 23.1 Å². The van der Waals surface area contributed by atoms with Gasteiger partial charge in [0.05, 0.1) is 6.54 Å². The molecular formula is C10H17ClN6O. The first-order chi connectivity index (χ1) is 8.56. The van der Waals surface area contributed by atoms with Gasteiger partial charge in [0, 0.05) is 20.6 Å². The molecule has 1 amide bonds. The maximum atomic E-state index is 11.6. The summed E-state index contributed by atoms with van der Waals surface area (Å²) < 4.78 is 0. The Kier molecular flexibility index (Phi) is 5.57. The molecule has 0 saturated carbocycles. The fourth-order valence-corrected chi connectivity index (χ4v) is 1.38. The van der Waals surface area contributed by atoms with Crippen LogP contribution in [0.4, 0.5) is 11.9 Å². The smallest absolute Gasteiger partial charge is 0.239 e. The van der Waals surface area contributed by atoms with E-state index in [0.29, 0.717) is 18.4 Å². The first-order valence-corrected chi connectivity index (χ1v) is 6.01. The molecule has 1 heterocycles. The summed E-state index contributed by atoms with van der Waals surface area (Å²) in [5.74, 6) is 0.638. The topological polar surface area (TPSA) is 83.0 Å². The number of anilines is 2. The van der Waals surface area contributed by atoms with Gasteiger partial charge in [0.1, 0.15) is 0 Å². The Morgan fingerprint density at radius 3 is 2.72 bits per heavy atom. The van der Waals surface area contributed by atoms with E-state index in [9.17, 15) is 4.79 Å². The van der Waals surface area contributed by atoms with Gasteiger partial charge >= 0.3 is 0 Å². The van der Waals surface area contributed by atoms with Gasteiger partial charge in [-0.1, -0.05) is 6.92 Å². The Morgan fingerprint density at radius 1 is 1.39 bits per heavy atom. The van der Waals surface area contributed by atoms with E-state index in [1.165, 1.54) is 0 Å². The molecule has 18 heavy (non-hydrogen) atoms. The lowest BCUT2D eigenvalue weighted by atomic mass is 10.4. The molecule has 8 heteroatoms. The van der Waals surface area contributed by atoms with Gasteiger partial charge in [0.25, 0.3) is 0 Å². The number of amides is 1. The molecule has 0 aliphatic carbocycles. The van der Waals surface area contributed by atoms with E-state index in [-0.39, 0.29) is 17.7 Å². The molecule has 2 N–H and O–H groups in total. The van der Waals surface area contributed by atoms with Crippen molar-refractivity contribution in [1.29, 1.82) is 0 Å². The van der Waals surface area contributed by atoms with Gasteiger partial charge in [-0.05, 0) is 18.0 Å². The zero-order valence-corrected chi connectivity index (χ0v) is 11.5. The molecule has 1 aromatic rings.